The number of aromatic nitrogens is 4. The third kappa shape index (κ3) is 5.83. The highest BCUT2D eigenvalue weighted by Gasteiger charge is 2.54. The summed E-state index contributed by atoms with van der Waals surface area (Å²) >= 11 is 0. The normalized spacial score (nSPS) is 13.5. The van der Waals surface area contributed by atoms with Crippen molar-refractivity contribution in [3.8, 4) is 11.5 Å². The van der Waals surface area contributed by atoms with Gasteiger partial charge in [0.25, 0.3) is 5.91 Å². The van der Waals surface area contributed by atoms with Gasteiger partial charge in [-0.2, -0.15) is 0 Å². The Balaban J connectivity index is 1.07. The lowest BCUT2D eigenvalue weighted by Gasteiger charge is -2.13. The SMILES string of the molecule is O=C(NCCc1cnc[nH]1)c1cc2c(Oc3ccc(CC(=O)C4(C(=O)Cc5ccc(F)cc5)CC4)cc3)ccnc2[nH]1. The smallest absolute Gasteiger partial charge is 0.267 e. The molecule has 5 aromatic rings. The Bertz CT molecular complexity index is 1740. The molecule has 3 N–H and O–H groups in total. The number of pyridine rings is 1. The molecule has 1 aliphatic carbocycles. The number of carbonyl (C=O) groups is 3. The molecule has 0 radical (unpaired) electrons. The van der Waals surface area contributed by atoms with Gasteiger partial charge in [0.1, 0.15) is 28.7 Å². The van der Waals surface area contributed by atoms with E-state index >= 15 is 0 Å². The molecule has 0 spiro atoms. The number of rotatable bonds is 12. The molecule has 1 fully saturated rings. The molecule has 3 heterocycles. The molecular weight excluding hydrogens is 537 g/mol. The molecule has 10 heteroatoms. The molecular formula is C32H28FN5O4. The lowest BCUT2D eigenvalue weighted by atomic mass is 9.88. The first-order chi connectivity index (χ1) is 20.4. The molecule has 9 nitrogen and oxygen atoms in total. The molecule has 1 amide bonds. The van der Waals surface area contributed by atoms with E-state index in [0.29, 0.717) is 59.6 Å². The van der Waals surface area contributed by atoms with Crippen LogP contribution >= 0.6 is 0 Å². The second-order valence-electron chi connectivity index (χ2n) is 10.5. The van der Waals surface area contributed by atoms with Gasteiger partial charge < -0.3 is 20.0 Å². The molecule has 42 heavy (non-hydrogen) atoms. The van der Waals surface area contributed by atoms with Crippen molar-refractivity contribution in [2.45, 2.75) is 32.1 Å². The molecule has 0 aliphatic heterocycles. The van der Waals surface area contributed by atoms with Crippen LogP contribution < -0.4 is 10.1 Å². The number of benzene rings is 2. The number of aromatic amines is 2. The van der Waals surface area contributed by atoms with E-state index in [1.54, 1.807) is 55.1 Å². The minimum atomic E-state index is -0.941. The quantitative estimate of drug-likeness (QED) is 0.185. The van der Waals surface area contributed by atoms with Crippen LogP contribution in [-0.4, -0.2) is 44.0 Å². The maximum absolute atomic E-state index is 13.2. The van der Waals surface area contributed by atoms with Gasteiger partial charge in [-0.15, -0.1) is 0 Å². The van der Waals surface area contributed by atoms with Gasteiger partial charge in [-0.3, -0.25) is 14.4 Å². The highest BCUT2D eigenvalue weighted by Crippen LogP contribution is 2.48. The van der Waals surface area contributed by atoms with Crippen LogP contribution in [0.5, 0.6) is 11.5 Å². The average Bonchev–Trinajstić information content (AvgIpc) is 3.42. The molecule has 3 aromatic heterocycles. The van der Waals surface area contributed by atoms with Crippen LogP contribution in [0, 0.1) is 11.2 Å². The highest BCUT2D eigenvalue weighted by atomic mass is 19.1. The number of nitrogens with one attached hydrogen (secondary N) is 3. The standard InChI is InChI=1S/C32H28FN5O4/c33-22-5-1-20(2-6-22)15-28(39)32(11-12-32)29(40)16-21-3-7-24(8-4-21)42-27-10-14-35-30-25(27)17-26(38-30)31(41)36-13-9-23-18-34-19-37-23/h1-8,10,14,17-19H,9,11-13,15-16H2,(H,34,37)(H,35,38)(H,36,41). The zero-order chi connectivity index (χ0) is 29.1. The fraction of sp³-hybridized carbons (Fsp3) is 0.219. The summed E-state index contributed by atoms with van der Waals surface area (Å²) in [6.45, 7) is 0.450. The van der Waals surface area contributed by atoms with Gasteiger partial charge in [-0.1, -0.05) is 24.3 Å². The number of ketones is 2. The highest BCUT2D eigenvalue weighted by molar-refractivity contribution is 6.11. The maximum Gasteiger partial charge on any atom is 0.267 e. The summed E-state index contributed by atoms with van der Waals surface area (Å²) in [5.74, 6) is 0.262. The van der Waals surface area contributed by atoms with E-state index in [1.165, 1.54) is 12.1 Å². The van der Waals surface area contributed by atoms with Crippen LogP contribution in [0.2, 0.25) is 0 Å². The van der Waals surface area contributed by atoms with Gasteiger partial charge in [0.2, 0.25) is 0 Å². The largest absolute Gasteiger partial charge is 0.457 e. The van der Waals surface area contributed by atoms with Gasteiger partial charge in [-0.05, 0) is 60.4 Å². The van der Waals surface area contributed by atoms with Crippen LogP contribution in [0.1, 0.15) is 40.2 Å². The van der Waals surface area contributed by atoms with E-state index < -0.39 is 5.41 Å². The number of hydrogen-bond acceptors (Lipinski definition) is 6. The molecule has 0 unspecified atom stereocenters. The topological polar surface area (TPSA) is 130 Å². The third-order valence-electron chi connectivity index (χ3n) is 7.58. The predicted octanol–water partition coefficient (Wildman–Crippen LogP) is 4.89. The van der Waals surface area contributed by atoms with Crippen molar-refractivity contribution in [1.29, 1.82) is 0 Å². The fourth-order valence-corrected chi connectivity index (χ4v) is 4.99. The molecule has 1 saturated carbocycles. The van der Waals surface area contributed by atoms with E-state index in [1.807, 2.05) is 12.1 Å². The van der Waals surface area contributed by atoms with E-state index in [-0.39, 0.29) is 36.1 Å². The van der Waals surface area contributed by atoms with Crippen LogP contribution in [0.3, 0.4) is 0 Å². The Kier molecular flexibility index (Phi) is 7.35. The number of hydrogen-bond donors (Lipinski definition) is 3. The first-order valence-electron chi connectivity index (χ1n) is 13.7. The van der Waals surface area contributed by atoms with E-state index in [9.17, 15) is 18.8 Å². The maximum atomic E-state index is 13.2. The number of imidazole rings is 1. The summed E-state index contributed by atoms with van der Waals surface area (Å²) < 4.78 is 19.3. The lowest BCUT2D eigenvalue weighted by Crippen LogP contribution is -2.28. The zero-order valence-corrected chi connectivity index (χ0v) is 22.7. The monoisotopic (exact) mass is 565 g/mol. The molecule has 2 aromatic carbocycles. The van der Waals surface area contributed by atoms with Crippen molar-refractivity contribution in [2.24, 2.45) is 5.41 Å². The predicted molar refractivity (Wildman–Crippen MR) is 153 cm³/mol. The van der Waals surface area contributed by atoms with Gasteiger partial charge >= 0.3 is 0 Å². The third-order valence-corrected chi connectivity index (χ3v) is 7.58. The number of ether oxygens (including phenoxy) is 1. The van der Waals surface area contributed by atoms with Crippen LogP contribution in [0.15, 0.2) is 79.4 Å². The first kappa shape index (κ1) is 27.1. The Morgan fingerprint density at radius 1 is 0.952 bits per heavy atom. The second-order valence-corrected chi connectivity index (χ2v) is 10.5. The van der Waals surface area contributed by atoms with E-state index in [2.05, 4.69) is 25.3 Å². The Morgan fingerprint density at radius 3 is 2.29 bits per heavy atom. The summed E-state index contributed by atoms with van der Waals surface area (Å²) in [6.07, 6.45) is 6.90. The number of H-pyrrole nitrogens is 2. The average molecular weight is 566 g/mol. The molecule has 0 saturated heterocycles. The Morgan fingerprint density at radius 2 is 1.64 bits per heavy atom. The summed E-state index contributed by atoms with van der Waals surface area (Å²) in [5.41, 5.74) is 2.37. The summed E-state index contributed by atoms with van der Waals surface area (Å²) in [4.78, 5) is 53.1. The number of carbonyl (C=O) groups excluding carboxylic acids is 3. The minimum absolute atomic E-state index is 0.0955. The number of amides is 1. The summed E-state index contributed by atoms with van der Waals surface area (Å²) in [7, 11) is 0. The van der Waals surface area contributed by atoms with E-state index in [4.69, 9.17) is 4.74 Å². The molecule has 0 bridgehead atoms. The first-order valence-corrected chi connectivity index (χ1v) is 13.7. The van der Waals surface area contributed by atoms with Crippen LogP contribution in [0.25, 0.3) is 11.0 Å². The van der Waals surface area contributed by atoms with Gasteiger partial charge in [0.05, 0.1) is 17.1 Å². The second kappa shape index (κ2) is 11.4. The van der Waals surface area contributed by atoms with Crippen molar-refractivity contribution in [2.75, 3.05) is 6.54 Å². The molecule has 6 rings (SSSR count). The summed E-state index contributed by atoms with van der Waals surface area (Å²) in [6, 6.07) is 16.4. The number of Topliss-reactive ketones (excluding diaryl/α,β-unsaturated/α-hetero) is 2. The molecule has 212 valence electrons. The number of fused-ring (bicyclic) bond motifs is 1. The van der Waals surface area contributed by atoms with Crippen molar-refractivity contribution >= 4 is 28.5 Å². The van der Waals surface area contributed by atoms with Crippen molar-refractivity contribution in [3.05, 3.63) is 108 Å². The lowest BCUT2D eigenvalue weighted by molar-refractivity contribution is -0.133. The zero-order valence-electron chi connectivity index (χ0n) is 22.7. The van der Waals surface area contributed by atoms with Crippen LogP contribution in [0.4, 0.5) is 4.39 Å². The summed E-state index contributed by atoms with van der Waals surface area (Å²) in [5, 5.41) is 3.53. The molecule has 1 aliphatic rings. The van der Waals surface area contributed by atoms with Crippen LogP contribution in [-0.2, 0) is 28.9 Å². The van der Waals surface area contributed by atoms with Crippen molar-refractivity contribution in [1.82, 2.24) is 25.3 Å². The number of nitrogens with zero attached hydrogens (tertiary/aromatic N) is 2. The minimum Gasteiger partial charge on any atom is -0.457 e. The van der Waals surface area contributed by atoms with Gasteiger partial charge in [0, 0.05) is 43.9 Å². The Labute approximate surface area is 240 Å². The Hall–Kier alpha value is -5.12. The van der Waals surface area contributed by atoms with Gasteiger partial charge in [0.15, 0.2) is 11.6 Å². The number of halogens is 1. The van der Waals surface area contributed by atoms with Gasteiger partial charge in [-0.25, -0.2) is 14.4 Å². The van der Waals surface area contributed by atoms with Crippen molar-refractivity contribution in [3.63, 3.8) is 0 Å². The fourth-order valence-electron chi connectivity index (χ4n) is 4.99. The van der Waals surface area contributed by atoms with E-state index in [0.717, 1.165) is 11.3 Å². The van der Waals surface area contributed by atoms with Crippen molar-refractivity contribution < 1.29 is 23.5 Å². The molecule has 0 atom stereocenters.